The van der Waals surface area contributed by atoms with E-state index in [1.165, 1.54) is 11.8 Å². The van der Waals surface area contributed by atoms with Crippen LogP contribution in [0.2, 0.25) is 0 Å². The summed E-state index contributed by atoms with van der Waals surface area (Å²) in [5.41, 5.74) is 5.65. The lowest BCUT2D eigenvalue weighted by Crippen LogP contribution is -2.22. The van der Waals surface area contributed by atoms with Gasteiger partial charge < -0.3 is 20.8 Å². The Bertz CT molecular complexity index is 400. The molecule has 1 atom stereocenters. The second-order valence-electron chi connectivity index (χ2n) is 4.12. The standard InChI is InChI=1S/C10H17N5O2S/c11-8-12-9(15-3-1-2-4-15)14-10(13-8)18-6-7(17)5-16/h7,16-17H,1-6H2,(H2,11,12,13,14). The molecule has 2 rings (SSSR count). The Balaban J connectivity index is 2.06. The molecule has 1 aromatic heterocycles. The molecule has 0 amide bonds. The molecule has 0 aromatic carbocycles. The molecular weight excluding hydrogens is 254 g/mol. The van der Waals surface area contributed by atoms with E-state index in [9.17, 15) is 5.11 Å². The molecule has 7 nitrogen and oxygen atoms in total. The van der Waals surface area contributed by atoms with Crippen LogP contribution in [0.25, 0.3) is 0 Å². The van der Waals surface area contributed by atoms with E-state index in [-0.39, 0.29) is 12.6 Å². The summed E-state index contributed by atoms with van der Waals surface area (Å²) in [6.45, 7) is 1.60. The fourth-order valence-electron chi connectivity index (χ4n) is 1.71. The number of nitrogen functional groups attached to an aromatic ring is 1. The Morgan fingerprint density at radius 2 is 2.00 bits per heavy atom. The average molecular weight is 271 g/mol. The molecule has 1 unspecified atom stereocenters. The first kappa shape index (κ1) is 13.3. The van der Waals surface area contributed by atoms with Gasteiger partial charge in [-0.05, 0) is 12.8 Å². The van der Waals surface area contributed by atoms with E-state index in [1.807, 2.05) is 0 Å². The van der Waals surface area contributed by atoms with Crippen LogP contribution >= 0.6 is 11.8 Å². The second-order valence-corrected chi connectivity index (χ2v) is 5.10. The highest BCUT2D eigenvalue weighted by Gasteiger charge is 2.17. The monoisotopic (exact) mass is 271 g/mol. The first-order valence-electron chi connectivity index (χ1n) is 5.87. The zero-order valence-corrected chi connectivity index (χ0v) is 10.8. The molecular formula is C10H17N5O2S. The number of anilines is 2. The van der Waals surface area contributed by atoms with Crippen molar-refractivity contribution in [3.63, 3.8) is 0 Å². The molecule has 1 aliphatic rings. The number of aromatic nitrogens is 3. The number of rotatable bonds is 5. The van der Waals surface area contributed by atoms with E-state index < -0.39 is 6.10 Å². The lowest BCUT2D eigenvalue weighted by molar-refractivity contribution is 0.113. The summed E-state index contributed by atoms with van der Waals surface area (Å²) in [5, 5.41) is 18.5. The van der Waals surface area contributed by atoms with Crippen molar-refractivity contribution in [2.75, 3.05) is 36.1 Å². The third kappa shape index (κ3) is 3.44. The van der Waals surface area contributed by atoms with Crippen LogP contribution in [0, 0.1) is 0 Å². The SMILES string of the molecule is Nc1nc(SCC(O)CO)nc(N2CCCC2)n1. The van der Waals surface area contributed by atoms with Crippen LogP contribution in [0.1, 0.15) is 12.8 Å². The summed E-state index contributed by atoms with van der Waals surface area (Å²) in [6.07, 6.45) is 1.50. The third-order valence-corrected chi connectivity index (χ3v) is 3.62. The van der Waals surface area contributed by atoms with E-state index in [0.29, 0.717) is 16.9 Å². The van der Waals surface area contributed by atoms with Crippen LogP contribution in [0.5, 0.6) is 0 Å². The normalized spacial score (nSPS) is 17.1. The van der Waals surface area contributed by atoms with Gasteiger partial charge in [-0.2, -0.15) is 15.0 Å². The highest BCUT2D eigenvalue weighted by Crippen LogP contribution is 2.20. The predicted molar refractivity (Wildman–Crippen MR) is 69.5 cm³/mol. The Morgan fingerprint density at radius 1 is 1.28 bits per heavy atom. The van der Waals surface area contributed by atoms with Gasteiger partial charge in [-0.3, -0.25) is 0 Å². The Kier molecular flexibility index (Phi) is 4.56. The molecule has 0 aliphatic carbocycles. The Labute approximate surface area is 109 Å². The van der Waals surface area contributed by atoms with Crippen molar-refractivity contribution in [1.29, 1.82) is 0 Å². The van der Waals surface area contributed by atoms with Crippen LogP contribution in [-0.4, -0.2) is 56.7 Å². The molecule has 0 saturated carbocycles. The molecule has 18 heavy (non-hydrogen) atoms. The molecule has 1 saturated heterocycles. The number of hydrogen-bond acceptors (Lipinski definition) is 8. The Morgan fingerprint density at radius 3 is 2.67 bits per heavy atom. The van der Waals surface area contributed by atoms with Crippen LogP contribution in [-0.2, 0) is 0 Å². The van der Waals surface area contributed by atoms with Gasteiger partial charge in [0.05, 0.1) is 12.7 Å². The summed E-state index contributed by atoms with van der Waals surface area (Å²) in [5.74, 6) is 1.12. The lowest BCUT2D eigenvalue weighted by atomic mass is 10.4. The number of thioether (sulfide) groups is 1. The lowest BCUT2D eigenvalue weighted by Gasteiger charge is -2.15. The summed E-state index contributed by atoms with van der Waals surface area (Å²) in [7, 11) is 0. The highest BCUT2D eigenvalue weighted by atomic mass is 32.2. The number of aliphatic hydroxyl groups excluding tert-OH is 2. The van der Waals surface area contributed by atoms with Gasteiger partial charge in [0.15, 0.2) is 5.16 Å². The predicted octanol–water partition coefficient (Wildman–Crippen LogP) is -0.501. The van der Waals surface area contributed by atoms with Gasteiger partial charge in [-0.1, -0.05) is 11.8 Å². The molecule has 8 heteroatoms. The smallest absolute Gasteiger partial charge is 0.231 e. The maximum absolute atomic E-state index is 9.29. The summed E-state index contributed by atoms with van der Waals surface area (Å²) >= 11 is 1.26. The van der Waals surface area contributed by atoms with Gasteiger partial charge in [-0.25, -0.2) is 0 Å². The van der Waals surface area contributed by atoms with Crippen molar-refractivity contribution in [2.24, 2.45) is 0 Å². The minimum atomic E-state index is -0.775. The van der Waals surface area contributed by atoms with E-state index in [4.69, 9.17) is 10.8 Å². The molecule has 1 aromatic rings. The molecule has 0 bridgehead atoms. The topological polar surface area (TPSA) is 108 Å². The third-order valence-electron chi connectivity index (χ3n) is 2.62. The van der Waals surface area contributed by atoms with E-state index in [0.717, 1.165) is 25.9 Å². The molecule has 1 fully saturated rings. The molecule has 0 spiro atoms. The summed E-state index contributed by atoms with van der Waals surface area (Å²) in [4.78, 5) is 14.5. The maximum atomic E-state index is 9.29. The second kappa shape index (κ2) is 6.17. The molecule has 2 heterocycles. The summed E-state index contributed by atoms with van der Waals surface area (Å²) < 4.78 is 0. The van der Waals surface area contributed by atoms with Crippen molar-refractivity contribution in [1.82, 2.24) is 15.0 Å². The van der Waals surface area contributed by atoms with Gasteiger partial charge in [0.2, 0.25) is 11.9 Å². The van der Waals surface area contributed by atoms with Crippen molar-refractivity contribution < 1.29 is 10.2 Å². The number of aliphatic hydroxyl groups is 2. The van der Waals surface area contributed by atoms with Gasteiger partial charge in [0.1, 0.15) is 0 Å². The van der Waals surface area contributed by atoms with Crippen molar-refractivity contribution in [3.05, 3.63) is 0 Å². The first-order valence-corrected chi connectivity index (χ1v) is 6.86. The fraction of sp³-hybridized carbons (Fsp3) is 0.700. The molecule has 1 aliphatic heterocycles. The number of nitrogens with zero attached hydrogens (tertiary/aromatic N) is 4. The first-order chi connectivity index (χ1) is 8.69. The fourth-order valence-corrected chi connectivity index (χ4v) is 2.46. The zero-order chi connectivity index (χ0) is 13.0. The summed E-state index contributed by atoms with van der Waals surface area (Å²) in [6, 6.07) is 0. The minimum absolute atomic E-state index is 0.188. The Hall–Kier alpha value is -1.12. The molecule has 0 radical (unpaired) electrons. The van der Waals surface area contributed by atoms with Gasteiger partial charge >= 0.3 is 0 Å². The quantitative estimate of drug-likeness (QED) is 0.615. The van der Waals surface area contributed by atoms with Crippen LogP contribution in [0.3, 0.4) is 0 Å². The van der Waals surface area contributed by atoms with Crippen molar-refractivity contribution in [2.45, 2.75) is 24.1 Å². The van der Waals surface area contributed by atoms with Gasteiger partial charge in [-0.15, -0.1) is 0 Å². The van der Waals surface area contributed by atoms with E-state index in [1.54, 1.807) is 0 Å². The largest absolute Gasteiger partial charge is 0.394 e. The van der Waals surface area contributed by atoms with Crippen LogP contribution in [0.15, 0.2) is 5.16 Å². The van der Waals surface area contributed by atoms with Crippen molar-refractivity contribution >= 4 is 23.7 Å². The number of nitrogens with two attached hydrogens (primary N) is 1. The molecule has 100 valence electrons. The minimum Gasteiger partial charge on any atom is -0.394 e. The van der Waals surface area contributed by atoms with Gasteiger partial charge in [0.25, 0.3) is 0 Å². The van der Waals surface area contributed by atoms with E-state index in [2.05, 4.69) is 19.9 Å². The maximum Gasteiger partial charge on any atom is 0.231 e. The molecule has 4 N–H and O–H groups in total. The number of hydrogen-bond donors (Lipinski definition) is 3. The van der Waals surface area contributed by atoms with E-state index >= 15 is 0 Å². The van der Waals surface area contributed by atoms with Gasteiger partial charge in [0, 0.05) is 18.8 Å². The zero-order valence-electron chi connectivity index (χ0n) is 9.99. The van der Waals surface area contributed by atoms with Crippen LogP contribution < -0.4 is 10.6 Å². The van der Waals surface area contributed by atoms with Crippen molar-refractivity contribution in [3.8, 4) is 0 Å². The van der Waals surface area contributed by atoms with Crippen LogP contribution in [0.4, 0.5) is 11.9 Å². The highest BCUT2D eigenvalue weighted by molar-refractivity contribution is 7.99. The average Bonchev–Trinajstić information content (AvgIpc) is 2.89.